The summed E-state index contributed by atoms with van der Waals surface area (Å²) in [6, 6.07) is 7.48. The smallest absolute Gasteiger partial charge is 0.314 e. The quantitative estimate of drug-likeness (QED) is 0.618. The second-order valence-corrected chi connectivity index (χ2v) is 5.39. The fourth-order valence-electron chi connectivity index (χ4n) is 2.54. The monoisotopic (exact) mass is 260 g/mol. The van der Waals surface area contributed by atoms with E-state index < -0.39 is 0 Å². The lowest BCUT2D eigenvalue weighted by molar-refractivity contribution is -0.141. The van der Waals surface area contributed by atoms with E-state index in [0.29, 0.717) is 5.75 Å². The van der Waals surface area contributed by atoms with E-state index in [9.17, 15) is 9.59 Å². The normalized spacial score (nSPS) is 22.8. The van der Waals surface area contributed by atoms with E-state index in [1.807, 2.05) is 31.2 Å². The predicted molar refractivity (Wildman–Crippen MR) is 72.9 cm³/mol. The van der Waals surface area contributed by atoms with Gasteiger partial charge in [0.2, 0.25) is 0 Å². The Kier molecular flexibility index (Phi) is 4.35. The van der Waals surface area contributed by atoms with E-state index in [1.165, 1.54) is 0 Å². The molecule has 0 radical (unpaired) electrons. The molecule has 0 unspecified atom stereocenters. The number of esters is 1. The third-order valence-electron chi connectivity index (χ3n) is 3.87. The van der Waals surface area contributed by atoms with Crippen molar-refractivity contribution in [1.29, 1.82) is 0 Å². The van der Waals surface area contributed by atoms with Gasteiger partial charge in [0.25, 0.3) is 0 Å². The van der Waals surface area contributed by atoms with Crippen molar-refractivity contribution in [2.75, 3.05) is 0 Å². The average Bonchev–Trinajstić information content (AvgIpc) is 2.41. The number of aryl methyl sites for hydroxylation is 1. The number of carbonyl (C=O) groups is 2. The molecule has 0 N–H and O–H groups in total. The van der Waals surface area contributed by atoms with Crippen molar-refractivity contribution in [2.45, 2.75) is 39.5 Å². The van der Waals surface area contributed by atoms with E-state index in [2.05, 4.69) is 0 Å². The van der Waals surface area contributed by atoms with Gasteiger partial charge in [-0.3, -0.25) is 9.59 Å². The van der Waals surface area contributed by atoms with Gasteiger partial charge in [-0.2, -0.15) is 0 Å². The van der Waals surface area contributed by atoms with Gasteiger partial charge in [-0.25, -0.2) is 0 Å². The number of Topliss-reactive ketones (excluding diaryl/α,β-unsaturated/α-hetero) is 1. The van der Waals surface area contributed by atoms with Crippen molar-refractivity contribution >= 4 is 11.8 Å². The first-order valence-corrected chi connectivity index (χ1v) is 6.85. The van der Waals surface area contributed by atoms with Crippen LogP contribution in [0, 0.1) is 18.8 Å². The summed E-state index contributed by atoms with van der Waals surface area (Å²) >= 11 is 0. The second kappa shape index (κ2) is 6.00. The highest BCUT2D eigenvalue weighted by atomic mass is 16.5. The second-order valence-electron chi connectivity index (χ2n) is 5.39. The molecule has 0 aromatic heterocycles. The van der Waals surface area contributed by atoms with E-state index >= 15 is 0 Å². The number of rotatable bonds is 3. The summed E-state index contributed by atoms with van der Waals surface area (Å²) in [5.41, 5.74) is 1.14. The zero-order valence-electron chi connectivity index (χ0n) is 11.5. The summed E-state index contributed by atoms with van der Waals surface area (Å²) in [5.74, 6) is 0.765. The van der Waals surface area contributed by atoms with E-state index in [-0.39, 0.29) is 23.6 Å². The number of hydrogen-bond acceptors (Lipinski definition) is 3. The number of ether oxygens (including phenoxy) is 1. The maximum absolute atomic E-state index is 12.0. The lowest BCUT2D eigenvalue weighted by Gasteiger charge is -2.25. The molecule has 1 saturated carbocycles. The van der Waals surface area contributed by atoms with Crippen LogP contribution in [-0.4, -0.2) is 11.8 Å². The molecule has 0 bridgehead atoms. The van der Waals surface area contributed by atoms with Crippen LogP contribution in [0.5, 0.6) is 5.75 Å². The Balaban J connectivity index is 1.88. The molecular formula is C16H20O3. The topological polar surface area (TPSA) is 43.4 Å². The highest BCUT2D eigenvalue weighted by Crippen LogP contribution is 2.30. The van der Waals surface area contributed by atoms with Gasteiger partial charge in [-0.05, 0) is 51.7 Å². The van der Waals surface area contributed by atoms with Crippen LogP contribution in [0.2, 0.25) is 0 Å². The SMILES string of the molecule is CC(=O)C1CCC(C(=O)Oc2ccc(C)cc2)CC1. The molecule has 19 heavy (non-hydrogen) atoms. The van der Waals surface area contributed by atoms with Crippen molar-refractivity contribution in [2.24, 2.45) is 11.8 Å². The van der Waals surface area contributed by atoms with Gasteiger partial charge in [0.1, 0.15) is 11.5 Å². The molecule has 1 aromatic rings. The van der Waals surface area contributed by atoms with Crippen LogP contribution in [-0.2, 0) is 9.59 Å². The Morgan fingerprint density at radius 2 is 1.53 bits per heavy atom. The lowest BCUT2D eigenvalue weighted by Crippen LogP contribution is -2.27. The molecule has 1 aliphatic rings. The lowest BCUT2D eigenvalue weighted by atomic mass is 9.80. The Morgan fingerprint density at radius 1 is 1.00 bits per heavy atom. The molecule has 3 heteroatoms. The summed E-state index contributed by atoms with van der Waals surface area (Å²) in [6.45, 7) is 3.63. The summed E-state index contributed by atoms with van der Waals surface area (Å²) in [6.07, 6.45) is 3.13. The summed E-state index contributed by atoms with van der Waals surface area (Å²) < 4.78 is 5.38. The molecule has 102 valence electrons. The Bertz CT molecular complexity index is 453. The molecule has 0 heterocycles. The number of carbonyl (C=O) groups excluding carboxylic acids is 2. The zero-order chi connectivity index (χ0) is 13.8. The van der Waals surface area contributed by atoms with Crippen LogP contribution >= 0.6 is 0 Å². The van der Waals surface area contributed by atoms with Crippen molar-refractivity contribution in [3.8, 4) is 5.75 Å². The Morgan fingerprint density at radius 3 is 2.05 bits per heavy atom. The summed E-state index contributed by atoms with van der Waals surface area (Å²) in [5, 5.41) is 0. The fraction of sp³-hybridized carbons (Fsp3) is 0.500. The molecule has 1 aliphatic carbocycles. The minimum atomic E-state index is -0.161. The largest absolute Gasteiger partial charge is 0.426 e. The van der Waals surface area contributed by atoms with Crippen LogP contribution in [0.25, 0.3) is 0 Å². The number of hydrogen-bond donors (Lipinski definition) is 0. The first-order valence-electron chi connectivity index (χ1n) is 6.85. The first kappa shape index (κ1) is 13.8. The minimum Gasteiger partial charge on any atom is -0.426 e. The van der Waals surface area contributed by atoms with Crippen LogP contribution in [0.1, 0.15) is 38.2 Å². The summed E-state index contributed by atoms with van der Waals surface area (Å²) in [7, 11) is 0. The Hall–Kier alpha value is -1.64. The van der Waals surface area contributed by atoms with E-state index in [4.69, 9.17) is 4.74 Å². The fourth-order valence-corrected chi connectivity index (χ4v) is 2.54. The third-order valence-corrected chi connectivity index (χ3v) is 3.87. The van der Waals surface area contributed by atoms with Crippen LogP contribution in [0.4, 0.5) is 0 Å². The van der Waals surface area contributed by atoms with Crippen molar-refractivity contribution in [3.63, 3.8) is 0 Å². The van der Waals surface area contributed by atoms with Crippen LogP contribution in [0.3, 0.4) is 0 Å². The molecule has 0 aliphatic heterocycles. The van der Waals surface area contributed by atoms with Crippen LogP contribution in [0.15, 0.2) is 24.3 Å². The maximum Gasteiger partial charge on any atom is 0.314 e. The third kappa shape index (κ3) is 3.66. The van der Waals surface area contributed by atoms with E-state index in [0.717, 1.165) is 31.2 Å². The molecule has 1 aromatic carbocycles. The minimum absolute atomic E-state index is 0.0584. The standard InChI is InChI=1S/C16H20O3/c1-11-3-9-15(10-4-11)19-16(18)14-7-5-13(6-8-14)12(2)17/h3-4,9-10,13-14H,5-8H2,1-2H3. The molecule has 2 rings (SSSR count). The number of benzene rings is 1. The Labute approximate surface area is 114 Å². The van der Waals surface area contributed by atoms with Gasteiger partial charge < -0.3 is 4.74 Å². The first-order chi connectivity index (χ1) is 9.06. The van der Waals surface area contributed by atoms with Crippen molar-refractivity contribution in [3.05, 3.63) is 29.8 Å². The van der Waals surface area contributed by atoms with Crippen molar-refractivity contribution < 1.29 is 14.3 Å². The van der Waals surface area contributed by atoms with Crippen LogP contribution < -0.4 is 4.74 Å². The van der Waals surface area contributed by atoms with Gasteiger partial charge >= 0.3 is 5.97 Å². The van der Waals surface area contributed by atoms with Gasteiger partial charge in [-0.1, -0.05) is 17.7 Å². The number of ketones is 1. The van der Waals surface area contributed by atoms with Gasteiger partial charge in [-0.15, -0.1) is 0 Å². The molecule has 3 nitrogen and oxygen atoms in total. The molecular weight excluding hydrogens is 240 g/mol. The molecule has 0 spiro atoms. The molecule has 1 fully saturated rings. The average molecular weight is 260 g/mol. The molecule has 0 amide bonds. The van der Waals surface area contributed by atoms with Gasteiger partial charge in [0.05, 0.1) is 5.92 Å². The highest BCUT2D eigenvalue weighted by molar-refractivity contribution is 5.79. The predicted octanol–water partition coefficient (Wildman–Crippen LogP) is 3.30. The maximum atomic E-state index is 12.0. The highest BCUT2D eigenvalue weighted by Gasteiger charge is 2.29. The van der Waals surface area contributed by atoms with Gasteiger partial charge in [0, 0.05) is 5.92 Å². The summed E-state index contributed by atoms with van der Waals surface area (Å²) in [4.78, 5) is 23.3. The van der Waals surface area contributed by atoms with E-state index in [1.54, 1.807) is 6.92 Å². The zero-order valence-corrected chi connectivity index (χ0v) is 11.5. The molecule has 0 saturated heterocycles. The van der Waals surface area contributed by atoms with Gasteiger partial charge in [0.15, 0.2) is 0 Å². The molecule has 0 atom stereocenters. The van der Waals surface area contributed by atoms with Crippen molar-refractivity contribution in [1.82, 2.24) is 0 Å².